The first-order chi connectivity index (χ1) is 15.6. The number of aryl methyl sites for hydroxylation is 1. The molecule has 0 N–H and O–H groups in total. The van der Waals surface area contributed by atoms with Crippen LogP contribution >= 0.6 is 0 Å². The average Bonchev–Trinajstić information content (AvgIpc) is 2.82. The summed E-state index contributed by atoms with van der Waals surface area (Å²) in [6.07, 6.45) is 10.7. The molecule has 7 nitrogen and oxygen atoms in total. The van der Waals surface area contributed by atoms with Crippen LogP contribution in [0.25, 0.3) is 0 Å². The summed E-state index contributed by atoms with van der Waals surface area (Å²) in [7, 11) is 0. The second-order valence-electron chi connectivity index (χ2n) is 8.99. The lowest BCUT2D eigenvalue weighted by Crippen LogP contribution is -2.49. The second kappa shape index (κ2) is 10.1. The molecule has 2 aliphatic heterocycles. The number of likely N-dealkylation sites (tertiary alicyclic amines) is 1. The molecule has 2 amide bonds. The fraction of sp³-hybridized carbons (Fsp3) is 0.520. The molecule has 0 bridgehead atoms. The van der Waals surface area contributed by atoms with Gasteiger partial charge in [0.05, 0.1) is 12.7 Å². The van der Waals surface area contributed by atoms with E-state index in [2.05, 4.69) is 22.1 Å². The number of rotatable bonds is 1. The molecule has 7 heteroatoms. The minimum Gasteiger partial charge on any atom is -0.491 e. The van der Waals surface area contributed by atoms with E-state index in [0.29, 0.717) is 25.4 Å². The molecule has 0 unspecified atom stereocenters. The molecule has 1 spiro atoms. The van der Waals surface area contributed by atoms with Crippen LogP contribution in [0.15, 0.2) is 42.9 Å². The van der Waals surface area contributed by atoms with Crippen molar-refractivity contribution in [2.45, 2.75) is 45.4 Å². The number of benzene rings is 1. The topological polar surface area (TPSA) is 75.6 Å². The van der Waals surface area contributed by atoms with Gasteiger partial charge in [0.25, 0.3) is 5.91 Å². The van der Waals surface area contributed by atoms with Crippen molar-refractivity contribution in [3.8, 4) is 5.75 Å². The van der Waals surface area contributed by atoms with Crippen LogP contribution in [0, 0.1) is 5.41 Å². The van der Waals surface area contributed by atoms with Crippen molar-refractivity contribution in [2.24, 2.45) is 5.41 Å². The highest BCUT2D eigenvalue weighted by Gasteiger charge is 2.38. The van der Waals surface area contributed by atoms with Crippen LogP contribution in [0.2, 0.25) is 0 Å². The van der Waals surface area contributed by atoms with Crippen LogP contribution in [0.1, 0.15) is 55.1 Å². The highest BCUT2D eigenvalue weighted by Crippen LogP contribution is 2.38. The third kappa shape index (κ3) is 5.26. The Bertz CT molecular complexity index is 926. The van der Waals surface area contributed by atoms with Crippen molar-refractivity contribution < 1.29 is 14.3 Å². The summed E-state index contributed by atoms with van der Waals surface area (Å²) in [5.41, 5.74) is 1.58. The zero-order valence-electron chi connectivity index (χ0n) is 18.8. The Labute approximate surface area is 189 Å². The zero-order chi connectivity index (χ0) is 22.4. The fourth-order valence-corrected chi connectivity index (χ4v) is 4.94. The average molecular weight is 437 g/mol. The number of hydrogen-bond donors (Lipinski definition) is 0. The molecule has 1 aromatic carbocycles. The lowest BCUT2D eigenvalue weighted by Gasteiger charge is -2.44. The number of carbonyl (C=O) groups is 2. The molecule has 0 aliphatic carbocycles. The predicted molar refractivity (Wildman–Crippen MR) is 121 cm³/mol. The van der Waals surface area contributed by atoms with E-state index >= 15 is 0 Å². The van der Waals surface area contributed by atoms with Crippen LogP contribution in [-0.4, -0.2) is 64.4 Å². The number of nitrogens with zero attached hydrogens (tertiary/aromatic N) is 4. The number of para-hydroxylation sites is 1. The summed E-state index contributed by atoms with van der Waals surface area (Å²) in [6.45, 7) is 4.71. The molecule has 1 saturated heterocycles. The Morgan fingerprint density at radius 2 is 1.81 bits per heavy atom. The Morgan fingerprint density at radius 3 is 2.56 bits per heavy atom. The van der Waals surface area contributed by atoms with Gasteiger partial charge in [0.1, 0.15) is 18.1 Å². The van der Waals surface area contributed by atoms with Crippen LogP contribution in [0.4, 0.5) is 0 Å². The van der Waals surface area contributed by atoms with Crippen LogP contribution in [0.5, 0.6) is 5.75 Å². The van der Waals surface area contributed by atoms with Crippen molar-refractivity contribution in [2.75, 3.05) is 32.8 Å². The summed E-state index contributed by atoms with van der Waals surface area (Å²) in [6, 6.07) is 8.18. The minimum absolute atomic E-state index is 0.00251. The highest BCUT2D eigenvalue weighted by atomic mass is 16.5. The van der Waals surface area contributed by atoms with Crippen LogP contribution < -0.4 is 4.74 Å². The predicted octanol–water partition coefficient (Wildman–Crippen LogP) is 3.35. The van der Waals surface area contributed by atoms with Crippen molar-refractivity contribution >= 4 is 11.8 Å². The smallest absolute Gasteiger partial charge is 0.274 e. The summed E-state index contributed by atoms with van der Waals surface area (Å²) >= 11 is 0. The first-order valence-corrected chi connectivity index (χ1v) is 11.6. The number of amides is 2. The molecule has 4 rings (SSSR count). The van der Waals surface area contributed by atoms with Gasteiger partial charge >= 0.3 is 0 Å². The fourth-order valence-electron chi connectivity index (χ4n) is 4.94. The SMILES string of the molecule is CC(=O)N1CCC2(CCCCc3ccccc3OCCN(C(=O)c3cnccn3)C2)CC1. The van der Waals surface area contributed by atoms with Gasteiger partial charge < -0.3 is 14.5 Å². The standard InChI is InChI=1S/C25H32N4O3/c1-20(30)28-14-10-25(11-15-28)9-5-4-7-21-6-2-3-8-23(21)32-17-16-29(19-25)24(31)22-18-26-12-13-27-22/h2-3,6,8,12-13,18H,4-5,7,9-11,14-17,19H2,1H3. The minimum atomic E-state index is -0.111. The molecule has 32 heavy (non-hydrogen) atoms. The van der Waals surface area contributed by atoms with E-state index in [1.165, 1.54) is 11.8 Å². The monoisotopic (exact) mass is 436 g/mol. The van der Waals surface area contributed by atoms with Crippen molar-refractivity contribution in [3.05, 3.63) is 54.1 Å². The first kappa shape index (κ1) is 22.2. The third-order valence-corrected chi connectivity index (χ3v) is 6.86. The van der Waals surface area contributed by atoms with E-state index in [1.807, 2.05) is 21.9 Å². The van der Waals surface area contributed by atoms with Gasteiger partial charge in [-0.05, 0) is 49.1 Å². The first-order valence-electron chi connectivity index (χ1n) is 11.6. The molecular weight excluding hydrogens is 404 g/mol. The summed E-state index contributed by atoms with van der Waals surface area (Å²) in [4.78, 5) is 37.4. The summed E-state index contributed by atoms with van der Waals surface area (Å²) in [5.74, 6) is 0.926. The molecule has 1 aromatic heterocycles. The molecule has 1 fully saturated rings. The maximum Gasteiger partial charge on any atom is 0.274 e. The molecule has 0 atom stereocenters. The Hall–Kier alpha value is -2.96. The highest BCUT2D eigenvalue weighted by molar-refractivity contribution is 5.92. The lowest BCUT2D eigenvalue weighted by atomic mass is 9.73. The molecule has 3 heterocycles. The largest absolute Gasteiger partial charge is 0.491 e. The van der Waals surface area contributed by atoms with E-state index < -0.39 is 0 Å². The summed E-state index contributed by atoms with van der Waals surface area (Å²) in [5, 5.41) is 0. The van der Waals surface area contributed by atoms with Gasteiger partial charge in [0.2, 0.25) is 5.91 Å². The van der Waals surface area contributed by atoms with Crippen LogP contribution in [-0.2, 0) is 11.2 Å². The van der Waals surface area contributed by atoms with Gasteiger partial charge in [-0.25, -0.2) is 4.98 Å². The normalized spacial score (nSPS) is 19.3. The number of fused-ring (bicyclic) bond motifs is 1. The maximum absolute atomic E-state index is 13.4. The molecule has 2 aliphatic rings. The maximum atomic E-state index is 13.4. The molecule has 0 saturated carbocycles. The van der Waals surface area contributed by atoms with Gasteiger partial charge in [-0.1, -0.05) is 24.6 Å². The van der Waals surface area contributed by atoms with E-state index in [9.17, 15) is 9.59 Å². The molecule has 170 valence electrons. The zero-order valence-corrected chi connectivity index (χ0v) is 18.8. The number of hydrogen-bond acceptors (Lipinski definition) is 5. The Morgan fingerprint density at radius 1 is 1.00 bits per heavy atom. The van der Waals surface area contributed by atoms with Crippen molar-refractivity contribution in [1.29, 1.82) is 0 Å². The lowest BCUT2D eigenvalue weighted by molar-refractivity contribution is -0.131. The van der Waals surface area contributed by atoms with Gasteiger partial charge in [-0.3, -0.25) is 14.6 Å². The second-order valence-corrected chi connectivity index (χ2v) is 8.99. The number of carbonyl (C=O) groups excluding carboxylic acids is 2. The quantitative estimate of drug-likeness (QED) is 0.685. The number of ether oxygens (including phenoxy) is 1. The van der Waals surface area contributed by atoms with Gasteiger partial charge in [0.15, 0.2) is 0 Å². The van der Waals surface area contributed by atoms with E-state index in [-0.39, 0.29) is 17.2 Å². The van der Waals surface area contributed by atoms with Crippen molar-refractivity contribution in [1.82, 2.24) is 19.8 Å². The molecule has 0 radical (unpaired) electrons. The Balaban J connectivity index is 1.58. The van der Waals surface area contributed by atoms with Crippen molar-refractivity contribution in [3.63, 3.8) is 0 Å². The molecule has 2 aromatic rings. The van der Waals surface area contributed by atoms with E-state index in [0.717, 1.165) is 57.4 Å². The van der Waals surface area contributed by atoms with Crippen LogP contribution in [0.3, 0.4) is 0 Å². The third-order valence-electron chi connectivity index (χ3n) is 6.86. The molecular formula is C25H32N4O3. The van der Waals surface area contributed by atoms with Gasteiger partial charge in [-0.2, -0.15) is 0 Å². The Kier molecular flexibility index (Phi) is 7.02. The van der Waals surface area contributed by atoms with Gasteiger partial charge in [0, 0.05) is 39.0 Å². The number of aromatic nitrogens is 2. The van der Waals surface area contributed by atoms with E-state index in [1.54, 1.807) is 19.3 Å². The van der Waals surface area contributed by atoms with E-state index in [4.69, 9.17) is 4.74 Å². The van der Waals surface area contributed by atoms with Gasteiger partial charge in [-0.15, -0.1) is 0 Å². The number of piperidine rings is 1. The summed E-state index contributed by atoms with van der Waals surface area (Å²) < 4.78 is 6.12.